The molecule has 2 atom stereocenters. The van der Waals surface area contributed by atoms with Gasteiger partial charge < -0.3 is 14.2 Å². The summed E-state index contributed by atoms with van der Waals surface area (Å²) in [6, 6.07) is 18.1. The third-order valence-electron chi connectivity index (χ3n) is 6.76. The Morgan fingerprint density at radius 1 is 1.00 bits per heavy atom. The maximum Gasteiger partial charge on any atom is 0.257 e. The van der Waals surface area contributed by atoms with Gasteiger partial charge in [-0.1, -0.05) is 30.3 Å². The summed E-state index contributed by atoms with van der Waals surface area (Å²) in [6.07, 6.45) is 3.19. The third kappa shape index (κ3) is 5.33. The van der Waals surface area contributed by atoms with Crippen LogP contribution in [0, 0.1) is 13.8 Å². The number of aryl methyl sites for hydroxylation is 2. The molecule has 2 aliphatic rings. The van der Waals surface area contributed by atoms with E-state index in [4.69, 9.17) is 14.2 Å². The van der Waals surface area contributed by atoms with Crippen LogP contribution in [0.5, 0.6) is 11.5 Å². The van der Waals surface area contributed by atoms with Gasteiger partial charge in [-0.05, 0) is 96.8 Å². The summed E-state index contributed by atoms with van der Waals surface area (Å²) >= 11 is 0. The molecule has 0 aromatic heterocycles. The molecule has 0 bridgehead atoms. The van der Waals surface area contributed by atoms with E-state index in [1.165, 1.54) is 39.5 Å². The van der Waals surface area contributed by atoms with Crippen molar-refractivity contribution in [2.75, 3.05) is 19.8 Å². The van der Waals surface area contributed by atoms with Crippen molar-refractivity contribution >= 4 is 21.8 Å². The van der Waals surface area contributed by atoms with E-state index in [1.807, 2.05) is 31.2 Å². The van der Waals surface area contributed by atoms with Crippen LogP contribution in [0.1, 0.15) is 47.3 Å². The molecule has 1 unspecified atom stereocenters. The first kappa shape index (κ1) is 25.2. The molecule has 3 aromatic carbocycles. The maximum atomic E-state index is 12.0. The summed E-state index contributed by atoms with van der Waals surface area (Å²) in [7, 11) is -1.50. The van der Waals surface area contributed by atoms with Crippen LogP contribution >= 0.6 is 0 Å². The summed E-state index contributed by atoms with van der Waals surface area (Å²) in [5, 5.41) is 0. The summed E-state index contributed by atoms with van der Waals surface area (Å²) in [5.74, 6) is 1.28. The lowest BCUT2D eigenvalue weighted by atomic mass is 9.90. The van der Waals surface area contributed by atoms with E-state index in [0.29, 0.717) is 24.7 Å². The Hall–Kier alpha value is -3.42. The van der Waals surface area contributed by atoms with Gasteiger partial charge >= 0.3 is 0 Å². The molecule has 1 N–H and O–H groups in total. The fraction of sp³-hybridized carbons (Fsp3) is 0.300. The first-order chi connectivity index (χ1) is 17.9. The minimum atomic E-state index is -1.50. The monoisotopic (exact) mass is 517 g/mol. The van der Waals surface area contributed by atoms with Gasteiger partial charge in [0.1, 0.15) is 24.2 Å². The Morgan fingerprint density at radius 2 is 1.76 bits per heavy atom. The fourth-order valence-electron chi connectivity index (χ4n) is 5.17. The van der Waals surface area contributed by atoms with Crippen LogP contribution < -0.4 is 14.2 Å². The molecule has 0 radical (unpaired) electrons. The van der Waals surface area contributed by atoms with E-state index in [0.717, 1.165) is 29.9 Å². The highest BCUT2D eigenvalue weighted by molar-refractivity contribution is 7.93. The van der Waals surface area contributed by atoms with Gasteiger partial charge in [0.15, 0.2) is 11.0 Å². The summed E-state index contributed by atoms with van der Waals surface area (Å²) in [6.45, 7) is 8.07. The van der Waals surface area contributed by atoms with Gasteiger partial charge in [0.05, 0.1) is 11.5 Å². The number of amides is 1. The van der Waals surface area contributed by atoms with Crippen LogP contribution in [-0.2, 0) is 26.9 Å². The van der Waals surface area contributed by atoms with Crippen LogP contribution in [0.3, 0.4) is 0 Å². The zero-order valence-corrected chi connectivity index (χ0v) is 22.2. The second-order valence-electron chi connectivity index (χ2n) is 9.26. The number of rotatable bonds is 9. The number of fused-ring (bicyclic) bond motifs is 1. The Bertz CT molecular complexity index is 1360. The highest BCUT2D eigenvalue weighted by Gasteiger charge is 2.28. The molecule has 7 heteroatoms. The smallest absolute Gasteiger partial charge is 0.257 e. The van der Waals surface area contributed by atoms with E-state index >= 15 is 0 Å². The van der Waals surface area contributed by atoms with Crippen molar-refractivity contribution in [3.8, 4) is 22.6 Å². The molecule has 192 valence electrons. The number of hydrogen-bond donors (Lipinski definition) is 1. The number of carbonyl (C=O) groups excluding carboxylic acids is 1. The van der Waals surface area contributed by atoms with Gasteiger partial charge in [-0.15, -0.1) is 0 Å². The predicted octanol–water partition coefficient (Wildman–Crippen LogP) is 5.59. The molecule has 1 heterocycles. The quantitative estimate of drug-likeness (QED) is 0.375. The van der Waals surface area contributed by atoms with Crippen LogP contribution in [0.2, 0.25) is 0 Å². The average Bonchev–Trinajstić information content (AvgIpc) is 3.44. The largest absolute Gasteiger partial charge is 0.491 e. The predicted molar refractivity (Wildman–Crippen MR) is 146 cm³/mol. The first-order valence-corrected chi connectivity index (χ1v) is 13.7. The molecule has 0 saturated carbocycles. The minimum absolute atomic E-state index is 0.0364. The van der Waals surface area contributed by atoms with E-state index in [1.54, 1.807) is 0 Å². The summed E-state index contributed by atoms with van der Waals surface area (Å²) in [5.41, 5.74) is 8.16. The molecule has 1 aliphatic heterocycles. The van der Waals surface area contributed by atoms with Gasteiger partial charge in [-0.2, -0.15) is 0 Å². The van der Waals surface area contributed by atoms with Crippen molar-refractivity contribution in [3.05, 3.63) is 88.5 Å². The normalized spacial score (nSPS) is 18.4. The van der Waals surface area contributed by atoms with Gasteiger partial charge in [0.2, 0.25) is 0 Å². The molecule has 5 rings (SSSR count). The SMILES string of the molecule is CCOCCOc1cc(C)c(-c2cccc3c2CC[C@H]3Oc2ccc(C3=CC(=O)NS3=O)cc2)c(C)c1. The van der Waals surface area contributed by atoms with E-state index in [9.17, 15) is 9.00 Å². The first-order valence-electron chi connectivity index (χ1n) is 12.6. The molecule has 0 fully saturated rings. The zero-order valence-electron chi connectivity index (χ0n) is 21.3. The Balaban J connectivity index is 1.34. The molecular weight excluding hydrogens is 486 g/mol. The highest BCUT2D eigenvalue weighted by Crippen LogP contribution is 2.42. The van der Waals surface area contributed by atoms with Crippen molar-refractivity contribution in [3.63, 3.8) is 0 Å². The zero-order chi connectivity index (χ0) is 25.9. The second kappa shape index (κ2) is 10.9. The van der Waals surface area contributed by atoms with Gasteiger partial charge in [0.25, 0.3) is 5.91 Å². The van der Waals surface area contributed by atoms with Crippen molar-refractivity contribution < 1.29 is 23.2 Å². The Labute approximate surface area is 220 Å². The number of benzene rings is 3. The van der Waals surface area contributed by atoms with Crippen LogP contribution in [0.25, 0.3) is 16.0 Å². The van der Waals surface area contributed by atoms with Gasteiger partial charge in [-0.25, -0.2) is 4.21 Å². The van der Waals surface area contributed by atoms with Crippen molar-refractivity contribution in [2.45, 2.75) is 39.7 Å². The van der Waals surface area contributed by atoms with Gasteiger partial charge in [-0.3, -0.25) is 9.52 Å². The second-order valence-corrected chi connectivity index (χ2v) is 10.4. The third-order valence-corrected chi connectivity index (χ3v) is 7.90. The number of ether oxygens (including phenoxy) is 3. The Morgan fingerprint density at radius 3 is 2.43 bits per heavy atom. The Kier molecular flexibility index (Phi) is 7.44. The molecule has 0 spiro atoms. The number of hydrogen-bond acceptors (Lipinski definition) is 5. The van der Waals surface area contributed by atoms with E-state index < -0.39 is 11.0 Å². The van der Waals surface area contributed by atoms with Crippen molar-refractivity contribution in [2.24, 2.45) is 0 Å². The standard InChI is InChI=1S/C30H31NO5S/c1-4-34-14-15-35-23-16-19(2)30(20(3)17-23)26-7-5-6-25-24(26)12-13-27(25)36-22-10-8-21(9-11-22)28-18-29(32)31-37(28)33/h5-11,16-18,27H,4,12-15H2,1-3H3,(H,31,32)/t27-,37?/m1/s1. The molecular formula is C30H31NO5S. The molecule has 3 aromatic rings. The van der Waals surface area contributed by atoms with Crippen molar-refractivity contribution in [1.29, 1.82) is 0 Å². The summed E-state index contributed by atoms with van der Waals surface area (Å²) < 4.78 is 32.1. The summed E-state index contributed by atoms with van der Waals surface area (Å²) in [4.78, 5) is 12.0. The van der Waals surface area contributed by atoms with E-state index in [2.05, 4.69) is 48.9 Å². The van der Waals surface area contributed by atoms with Crippen LogP contribution in [-0.4, -0.2) is 29.9 Å². The molecule has 1 aliphatic carbocycles. The lowest BCUT2D eigenvalue weighted by Crippen LogP contribution is -2.16. The molecule has 1 amide bonds. The number of carbonyl (C=O) groups is 1. The maximum absolute atomic E-state index is 12.0. The van der Waals surface area contributed by atoms with Crippen LogP contribution in [0.4, 0.5) is 0 Å². The number of nitrogens with one attached hydrogen (secondary N) is 1. The lowest BCUT2D eigenvalue weighted by Gasteiger charge is -2.18. The van der Waals surface area contributed by atoms with E-state index in [-0.39, 0.29) is 12.0 Å². The highest BCUT2D eigenvalue weighted by atomic mass is 32.2. The minimum Gasteiger partial charge on any atom is -0.491 e. The molecule has 6 nitrogen and oxygen atoms in total. The topological polar surface area (TPSA) is 73.9 Å². The molecule has 0 saturated heterocycles. The fourth-order valence-corrected chi connectivity index (χ4v) is 6.08. The lowest BCUT2D eigenvalue weighted by molar-refractivity contribution is -0.114. The van der Waals surface area contributed by atoms with Crippen molar-refractivity contribution in [1.82, 2.24) is 4.72 Å². The van der Waals surface area contributed by atoms with Gasteiger partial charge in [0, 0.05) is 12.7 Å². The molecule has 37 heavy (non-hydrogen) atoms. The van der Waals surface area contributed by atoms with Crippen LogP contribution in [0.15, 0.2) is 60.7 Å². The average molecular weight is 518 g/mol.